The van der Waals surface area contributed by atoms with Crippen molar-refractivity contribution < 1.29 is 14.7 Å². The maximum atomic E-state index is 11.6. The van der Waals surface area contributed by atoms with Crippen molar-refractivity contribution in [3.05, 3.63) is 28.7 Å². The van der Waals surface area contributed by atoms with Crippen LogP contribution < -0.4 is 10.2 Å². The average Bonchev–Trinajstić information content (AvgIpc) is 2.52. The van der Waals surface area contributed by atoms with E-state index in [1.807, 2.05) is 24.3 Å². The van der Waals surface area contributed by atoms with Gasteiger partial charge in [0.25, 0.3) is 0 Å². The third kappa shape index (κ3) is 2.81. The van der Waals surface area contributed by atoms with Crippen LogP contribution in [0.1, 0.15) is 0 Å². The van der Waals surface area contributed by atoms with Crippen molar-refractivity contribution >= 4 is 33.5 Å². The fraction of sp³-hybridized carbons (Fsp3) is 0.333. The van der Waals surface area contributed by atoms with Crippen molar-refractivity contribution in [2.45, 2.75) is 0 Å². The quantitative estimate of drug-likeness (QED) is 0.857. The van der Waals surface area contributed by atoms with Gasteiger partial charge in [0, 0.05) is 17.6 Å². The summed E-state index contributed by atoms with van der Waals surface area (Å²) in [5.74, 6) is -1.65. The number of aliphatic carboxylic acids is 1. The Morgan fingerprint density at radius 1 is 1.44 bits per heavy atom. The number of nitrogens with zero attached hydrogens (tertiary/aromatic N) is 1. The number of carboxylic acids is 1. The topological polar surface area (TPSA) is 69.6 Å². The largest absolute Gasteiger partial charge is 0.481 e. The second-order valence-electron chi connectivity index (χ2n) is 4.17. The second kappa shape index (κ2) is 5.39. The number of hydrogen-bond acceptors (Lipinski definition) is 3. The molecule has 2 rings (SSSR count). The summed E-state index contributed by atoms with van der Waals surface area (Å²) in [5.41, 5.74) is 0.834. The number of rotatable bonds is 2. The van der Waals surface area contributed by atoms with E-state index in [4.69, 9.17) is 5.11 Å². The lowest BCUT2D eigenvalue weighted by Crippen LogP contribution is -2.34. The summed E-state index contributed by atoms with van der Waals surface area (Å²) in [6.45, 7) is 0.665. The lowest BCUT2D eigenvalue weighted by molar-refractivity contribution is -0.141. The maximum Gasteiger partial charge on any atom is 0.310 e. The van der Waals surface area contributed by atoms with E-state index in [1.54, 1.807) is 4.90 Å². The highest BCUT2D eigenvalue weighted by Crippen LogP contribution is 2.26. The number of halogens is 1. The van der Waals surface area contributed by atoms with Crippen molar-refractivity contribution in [1.29, 1.82) is 0 Å². The molecule has 0 aromatic heterocycles. The minimum atomic E-state index is -0.894. The van der Waals surface area contributed by atoms with Crippen LogP contribution in [0.2, 0.25) is 0 Å². The van der Waals surface area contributed by atoms with Gasteiger partial charge in [-0.15, -0.1) is 0 Å². The van der Waals surface area contributed by atoms with Crippen molar-refractivity contribution in [3.63, 3.8) is 0 Å². The fourth-order valence-electron chi connectivity index (χ4n) is 1.92. The molecule has 1 saturated heterocycles. The molecule has 6 heteroatoms. The standard InChI is InChI=1S/C12H13BrN2O3/c13-9-3-1-2-4-10(9)15-6-8(12(17)18)5-14-11(16)7-15/h1-4,8H,5-7H2,(H,14,16)(H,17,18). The number of amides is 1. The summed E-state index contributed by atoms with van der Waals surface area (Å²) in [7, 11) is 0. The lowest BCUT2D eigenvalue weighted by atomic mass is 10.1. The van der Waals surface area contributed by atoms with Gasteiger partial charge in [-0.05, 0) is 28.1 Å². The summed E-state index contributed by atoms with van der Waals surface area (Å²) < 4.78 is 0.851. The van der Waals surface area contributed by atoms with Crippen LogP contribution in [-0.2, 0) is 9.59 Å². The highest BCUT2D eigenvalue weighted by atomic mass is 79.9. The van der Waals surface area contributed by atoms with Crippen LogP contribution >= 0.6 is 15.9 Å². The van der Waals surface area contributed by atoms with Gasteiger partial charge in [0.15, 0.2) is 0 Å². The Kier molecular flexibility index (Phi) is 3.86. The molecular weight excluding hydrogens is 300 g/mol. The van der Waals surface area contributed by atoms with E-state index in [0.717, 1.165) is 10.2 Å². The highest BCUT2D eigenvalue weighted by Gasteiger charge is 2.27. The zero-order chi connectivity index (χ0) is 13.1. The van der Waals surface area contributed by atoms with Crippen LogP contribution in [0.5, 0.6) is 0 Å². The Labute approximate surface area is 113 Å². The van der Waals surface area contributed by atoms with Gasteiger partial charge in [0.05, 0.1) is 18.2 Å². The number of para-hydroxylation sites is 1. The van der Waals surface area contributed by atoms with Crippen LogP contribution in [0.3, 0.4) is 0 Å². The molecule has 0 aliphatic carbocycles. The van der Waals surface area contributed by atoms with Gasteiger partial charge in [-0.2, -0.15) is 0 Å². The van der Waals surface area contributed by atoms with E-state index >= 15 is 0 Å². The van der Waals surface area contributed by atoms with Crippen LogP contribution in [-0.4, -0.2) is 36.6 Å². The Hall–Kier alpha value is -1.56. The molecule has 1 heterocycles. The first kappa shape index (κ1) is 12.9. The van der Waals surface area contributed by atoms with Crippen molar-refractivity contribution in [2.24, 2.45) is 5.92 Å². The van der Waals surface area contributed by atoms with Gasteiger partial charge >= 0.3 is 5.97 Å². The van der Waals surface area contributed by atoms with Gasteiger partial charge in [-0.25, -0.2) is 0 Å². The molecule has 1 aliphatic rings. The minimum absolute atomic E-state index is 0.158. The third-order valence-corrected chi connectivity index (χ3v) is 3.53. The zero-order valence-corrected chi connectivity index (χ0v) is 11.2. The summed E-state index contributed by atoms with van der Waals surface area (Å²) in [6.07, 6.45) is 0. The van der Waals surface area contributed by atoms with E-state index in [2.05, 4.69) is 21.2 Å². The van der Waals surface area contributed by atoms with Gasteiger partial charge in [0.1, 0.15) is 0 Å². The number of carbonyl (C=O) groups excluding carboxylic acids is 1. The number of carboxylic acid groups (broad SMARTS) is 1. The number of hydrogen-bond donors (Lipinski definition) is 2. The Morgan fingerprint density at radius 2 is 2.17 bits per heavy atom. The Balaban J connectivity index is 2.27. The second-order valence-corrected chi connectivity index (χ2v) is 5.03. The summed E-state index contributed by atoms with van der Waals surface area (Å²) in [6, 6.07) is 7.47. The lowest BCUT2D eigenvalue weighted by Gasteiger charge is -2.24. The molecule has 1 atom stereocenters. The molecule has 1 aromatic rings. The van der Waals surface area contributed by atoms with Crippen LogP contribution in [0.25, 0.3) is 0 Å². The molecule has 0 bridgehead atoms. The smallest absolute Gasteiger partial charge is 0.310 e. The predicted octanol–water partition coefficient (Wildman–Crippen LogP) is 1.09. The molecule has 1 fully saturated rings. The number of benzene rings is 1. The first-order valence-electron chi connectivity index (χ1n) is 5.57. The molecule has 1 aliphatic heterocycles. The molecule has 1 aromatic carbocycles. The number of carbonyl (C=O) groups is 2. The zero-order valence-electron chi connectivity index (χ0n) is 9.60. The number of anilines is 1. The van der Waals surface area contributed by atoms with E-state index in [-0.39, 0.29) is 19.0 Å². The number of nitrogens with one attached hydrogen (secondary N) is 1. The predicted molar refractivity (Wildman–Crippen MR) is 70.5 cm³/mol. The molecular formula is C12H13BrN2O3. The molecule has 5 nitrogen and oxygen atoms in total. The van der Waals surface area contributed by atoms with Crippen LogP contribution in [0.4, 0.5) is 5.69 Å². The minimum Gasteiger partial charge on any atom is -0.481 e. The Bertz CT molecular complexity index is 478. The van der Waals surface area contributed by atoms with E-state index in [9.17, 15) is 9.59 Å². The van der Waals surface area contributed by atoms with E-state index in [1.165, 1.54) is 0 Å². The first-order chi connectivity index (χ1) is 8.58. The molecule has 1 amide bonds. The third-order valence-electron chi connectivity index (χ3n) is 2.86. The summed E-state index contributed by atoms with van der Waals surface area (Å²) in [5, 5.41) is 11.7. The van der Waals surface area contributed by atoms with Gasteiger partial charge in [0.2, 0.25) is 5.91 Å². The maximum absolute atomic E-state index is 11.6. The van der Waals surface area contributed by atoms with Gasteiger partial charge < -0.3 is 15.3 Å². The SMILES string of the molecule is O=C1CN(c2ccccc2Br)CC(C(=O)O)CN1. The summed E-state index contributed by atoms with van der Waals surface area (Å²) in [4.78, 5) is 24.5. The first-order valence-corrected chi connectivity index (χ1v) is 6.36. The molecule has 0 saturated carbocycles. The van der Waals surface area contributed by atoms with Crippen LogP contribution in [0, 0.1) is 5.92 Å². The molecule has 0 spiro atoms. The average molecular weight is 313 g/mol. The van der Waals surface area contributed by atoms with E-state index in [0.29, 0.717) is 6.54 Å². The summed E-state index contributed by atoms with van der Waals surface area (Å²) >= 11 is 3.41. The highest BCUT2D eigenvalue weighted by molar-refractivity contribution is 9.10. The molecule has 1 unspecified atom stereocenters. The molecule has 0 radical (unpaired) electrons. The fourth-order valence-corrected chi connectivity index (χ4v) is 2.45. The molecule has 2 N–H and O–H groups in total. The van der Waals surface area contributed by atoms with Crippen molar-refractivity contribution in [3.8, 4) is 0 Å². The van der Waals surface area contributed by atoms with Crippen molar-refractivity contribution in [1.82, 2.24) is 5.32 Å². The normalized spacial score (nSPS) is 20.2. The van der Waals surface area contributed by atoms with Crippen LogP contribution in [0.15, 0.2) is 28.7 Å². The molecule has 18 heavy (non-hydrogen) atoms. The Morgan fingerprint density at radius 3 is 2.83 bits per heavy atom. The molecule has 96 valence electrons. The van der Waals surface area contributed by atoms with Gasteiger partial charge in [-0.1, -0.05) is 12.1 Å². The van der Waals surface area contributed by atoms with E-state index < -0.39 is 11.9 Å². The van der Waals surface area contributed by atoms with Gasteiger partial charge in [-0.3, -0.25) is 9.59 Å². The van der Waals surface area contributed by atoms with Crippen molar-refractivity contribution in [2.75, 3.05) is 24.5 Å². The monoisotopic (exact) mass is 312 g/mol.